The van der Waals surface area contributed by atoms with Crippen LogP contribution in [0.2, 0.25) is 0 Å². The van der Waals surface area contributed by atoms with Crippen LogP contribution < -0.4 is 4.72 Å². The molecule has 1 fully saturated rings. The highest BCUT2D eigenvalue weighted by molar-refractivity contribution is 7.90. The summed E-state index contributed by atoms with van der Waals surface area (Å²) in [5.41, 5.74) is 0.595. The predicted molar refractivity (Wildman–Crippen MR) is 148 cm³/mol. The molecule has 0 saturated carbocycles. The smallest absolute Gasteiger partial charge is 0.511 e. The lowest BCUT2D eigenvalue weighted by atomic mass is 9.97. The standard InChI is InChI=1S/C27H29F3N6O8S/c1-3-42-26(38)43-17-44-33-36(39)34-14-12-20(13-15-34)25(37)32-45(40,41)22-10-8-21(9-11-22)35-23(16-24(31-35)27(28,29)30)19-6-4-18(2)5-7-19/h4-11,16,20H,3,12-15,17H2,1-2H3,(H,32,37)/b36-33+. The van der Waals surface area contributed by atoms with Crippen LogP contribution in [-0.2, 0) is 35.3 Å². The van der Waals surface area contributed by atoms with Crippen molar-refractivity contribution in [1.82, 2.24) is 19.5 Å². The van der Waals surface area contributed by atoms with Gasteiger partial charge >= 0.3 is 12.3 Å². The van der Waals surface area contributed by atoms with E-state index in [0.717, 1.165) is 28.4 Å². The zero-order valence-corrected chi connectivity index (χ0v) is 24.9. The van der Waals surface area contributed by atoms with Crippen molar-refractivity contribution in [3.63, 3.8) is 0 Å². The normalized spacial score (nSPS) is 14.6. The summed E-state index contributed by atoms with van der Waals surface area (Å²) < 4.78 is 78.5. The minimum absolute atomic E-state index is 0.0506. The number of nitrogens with zero attached hydrogens (tertiary/aromatic N) is 5. The average Bonchev–Trinajstić information content (AvgIpc) is 3.46. The minimum Gasteiger partial charge on any atom is -0.569 e. The molecule has 1 N–H and O–H groups in total. The van der Waals surface area contributed by atoms with Gasteiger partial charge in [-0.25, -0.2) is 22.6 Å². The van der Waals surface area contributed by atoms with E-state index in [4.69, 9.17) is 0 Å². The van der Waals surface area contributed by atoms with Crippen LogP contribution in [0.25, 0.3) is 16.9 Å². The second-order valence-electron chi connectivity index (χ2n) is 9.79. The van der Waals surface area contributed by atoms with Crippen LogP contribution in [0.3, 0.4) is 0 Å². The number of piperidine rings is 1. The third-order valence-corrected chi connectivity index (χ3v) is 8.04. The average molecular weight is 655 g/mol. The van der Waals surface area contributed by atoms with Gasteiger partial charge in [0.2, 0.25) is 11.2 Å². The summed E-state index contributed by atoms with van der Waals surface area (Å²) in [4.78, 5) is 28.3. The van der Waals surface area contributed by atoms with Crippen molar-refractivity contribution < 1.29 is 50.5 Å². The maximum atomic E-state index is 13.5. The van der Waals surface area contributed by atoms with Gasteiger partial charge in [-0.1, -0.05) is 29.8 Å². The first-order valence-corrected chi connectivity index (χ1v) is 15.0. The number of ether oxygens (including phenoxy) is 2. The highest BCUT2D eigenvalue weighted by atomic mass is 32.2. The quantitative estimate of drug-likeness (QED) is 0.0830. The van der Waals surface area contributed by atoms with Crippen LogP contribution in [0.15, 0.2) is 64.8 Å². The first kappa shape index (κ1) is 33.0. The molecule has 1 amide bonds. The monoisotopic (exact) mass is 654 g/mol. The molecular weight excluding hydrogens is 625 g/mol. The fraction of sp³-hybridized carbons (Fsp3) is 0.370. The molecular formula is C27H29F3N6O8S. The maximum Gasteiger partial charge on any atom is 0.511 e. The number of carbonyl (C=O) groups excluding carboxylic acids is 2. The molecule has 3 aromatic rings. The van der Waals surface area contributed by atoms with Gasteiger partial charge in [-0.15, -0.1) is 5.01 Å². The van der Waals surface area contributed by atoms with Gasteiger partial charge in [0.25, 0.3) is 16.8 Å². The summed E-state index contributed by atoms with van der Waals surface area (Å²) in [6.45, 7) is 2.96. The number of hydrogen-bond acceptors (Lipinski definition) is 10. The van der Waals surface area contributed by atoms with Gasteiger partial charge in [0.15, 0.2) is 5.69 Å². The lowest BCUT2D eigenvalue weighted by Crippen LogP contribution is -2.44. The fourth-order valence-electron chi connectivity index (χ4n) is 4.35. The number of hydrazine groups is 1. The van der Waals surface area contributed by atoms with Crippen LogP contribution in [-0.4, -0.2) is 66.7 Å². The topological polar surface area (TPSA) is 167 Å². The van der Waals surface area contributed by atoms with Crippen LogP contribution in [0.5, 0.6) is 0 Å². The van der Waals surface area contributed by atoms with Crippen LogP contribution >= 0.6 is 0 Å². The Balaban J connectivity index is 1.38. The molecule has 0 unspecified atom stereocenters. The summed E-state index contributed by atoms with van der Waals surface area (Å²) in [5.74, 6) is -1.52. The maximum absolute atomic E-state index is 13.5. The number of hydrogen-bond donors (Lipinski definition) is 1. The largest absolute Gasteiger partial charge is 0.569 e. The molecule has 0 bridgehead atoms. The Morgan fingerprint density at radius 3 is 2.33 bits per heavy atom. The van der Waals surface area contributed by atoms with E-state index >= 15 is 0 Å². The second kappa shape index (κ2) is 13.8. The van der Waals surface area contributed by atoms with E-state index in [9.17, 15) is 36.4 Å². The van der Waals surface area contributed by atoms with Gasteiger partial charge in [0.1, 0.15) is 0 Å². The molecule has 1 aliphatic heterocycles. The molecule has 0 atom stereocenters. The number of sulfonamides is 1. The van der Waals surface area contributed by atoms with Gasteiger partial charge in [0.05, 0.1) is 40.9 Å². The third kappa shape index (κ3) is 8.40. The summed E-state index contributed by atoms with van der Waals surface area (Å²) in [6.07, 6.45) is -5.46. The number of alkyl halides is 3. The number of rotatable bonds is 10. The van der Waals surface area contributed by atoms with Crippen molar-refractivity contribution in [3.05, 3.63) is 71.1 Å². The first-order valence-electron chi connectivity index (χ1n) is 13.5. The minimum atomic E-state index is -4.71. The lowest BCUT2D eigenvalue weighted by Gasteiger charge is -2.27. The molecule has 0 radical (unpaired) electrons. The van der Waals surface area contributed by atoms with Crippen LogP contribution in [0.1, 0.15) is 31.0 Å². The van der Waals surface area contributed by atoms with Crippen molar-refractivity contribution in [2.24, 2.45) is 11.2 Å². The SMILES string of the molecule is CCOC(=O)OCO/N=[N+](/[O-])N1CCC(C(=O)NS(=O)(=O)c2ccc(-n3nc(C(F)(F)F)cc3-c3ccc(C)cc3)cc2)CC1. The molecule has 0 spiro atoms. The molecule has 2 heterocycles. The molecule has 4 rings (SSSR count). The van der Waals surface area contributed by atoms with Crippen molar-refractivity contribution in [3.8, 4) is 16.9 Å². The summed E-state index contributed by atoms with van der Waals surface area (Å²) in [7, 11) is -4.33. The van der Waals surface area contributed by atoms with Crippen molar-refractivity contribution in [2.75, 3.05) is 26.5 Å². The van der Waals surface area contributed by atoms with E-state index in [1.165, 1.54) is 17.1 Å². The zero-order chi connectivity index (χ0) is 32.8. The summed E-state index contributed by atoms with van der Waals surface area (Å²) >= 11 is 0. The molecule has 2 aromatic carbocycles. The van der Waals surface area contributed by atoms with Gasteiger partial charge in [-0.05, 0) is 57.0 Å². The Morgan fingerprint density at radius 2 is 1.73 bits per heavy atom. The number of carbonyl (C=O) groups is 2. The molecule has 1 saturated heterocycles. The van der Waals surface area contributed by atoms with E-state index < -0.39 is 46.7 Å². The van der Waals surface area contributed by atoms with Crippen LogP contribution in [0.4, 0.5) is 18.0 Å². The third-order valence-electron chi connectivity index (χ3n) is 6.68. The van der Waals surface area contributed by atoms with Gasteiger partial charge < -0.3 is 19.5 Å². The highest BCUT2D eigenvalue weighted by Gasteiger charge is 2.35. The summed E-state index contributed by atoms with van der Waals surface area (Å²) in [6, 6.07) is 12.6. The fourth-order valence-corrected chi connectivity index (χ4v) is 5.39. The molecule has 242 valence electrons. The van der Waals surface area contributed by atoms with Crippen molar-refractivity contribution in [2.45, 2.75) is 37.8 Å². The molecule has 0 aliphatic carbocycles. The molecule has 45 heavy (non-hydrogen) atoms. The van der Waals surface area contributed by atoms with E-state index in [-0.39, 0.29) is 53.8 Å². The van der Waals surface area contributed by atoms with Crippen molar-refractivity contribution >= 4 is 22.1 Å². The number of amides is 1. The second-order valence-corrected chi connectivity index (χ2v) is 11.5. The van der Waals surface area contributed by atoms with E-state index in [1.54, 1.807) is 31.2 Å². The van der Waals surface area contributed by atoms with E-state index in [1.807, 2.05) is 11.6 Å². The van der Waals surface area contributed by atoms with Gasteiger partial charge in [0, 0.05) is 11.5 Å². The Hall–Kier alpha value is -4.87. The summed E-state index contributed by atoms with van der Waals surface area (Å²) in [5, 5.41) is 20.2. The zero-order valence-electron chi connectivity index (χ0n) is 24.1. The number of aromatic nitrogens is 2. The number of benzene rings is 2. The Morgan fingerprint density at radius 1 is 1.09 bits per heavy atom. The molecule has 18 heteroatoms. The molecule has 1 aliphatic rings. The van der Waals surface area contributed by atoms with E-state index in [0.29, 0.717) is 5.56 Å². The first-order chi connectivity index (χ1) is 21.3. The number of halogens is 3. The van der Waals surface area contributed by atoms with Gasteiger partial charge in [-0.3, -0.25) is 4.79 Å². The number of aryl methyl sites for hydroxylation is 1. The van der Waals surface area contributed by atoms with Crippen molar-refractivity contribution in [1.29, 1.82) is 0 Å². The lowest BCUT2D eigenvalue weighted by molar-refractivity contribution is -0.713. The number of nitrogens with one attached hydrogen (secondary N) is 1. The molecule has 14 nitrogen and oxygen atoms in total. The van der Waals surface area contributed by atoms with E-state index in [2.05, 4.69) is 24.7 Å². The van der Waals surface area contributed by atoms with Crippen LogP contribution in [0, 0.1) is 18.0 Å². The Labute approximate surface area is 255 Å². The van der Waals surface area contributed by atoms with Gasteiger partial charge in [-0.2, -0.15) is 18.3 Å². The Bertz CT molecular complexity index is 1640. The Kier molecular flexibility index (Phi) is 10.2. The predicted octanol–water partition coefficient (Wildman–Crippen LogP) is 4.32. The molecule has 1 aromatic heterocycles. The highest BCUT2D eigenvalue weighted by Crippen LogP contribution is 2.33.